The van der Waals surface area contributed by atoms with Crippen molar-refractivity contribution < 1.29 is 9.46 Å². The molecule has 0 saturated heterocycles. The van der Waals surface area contributed by atoms with E-state index in [-0.39, 0.29) is 0 Å². The third-order valence-corrected chi connectivity index (χ3v) is 3.90. The van der Waals surface area contributed by atoms with E-state index in [0.717, 1.165) is 0 Å². The third-order valence-electron chi connectivity index (χ3n) is 1.30. The molecule has 0 aromatic carbocycles. The molecular weight excluding hydrogens is 159 g/mol. The van der Waals surface area contributed by atoms with E-state index >= 15 is 0 Å². The van der Waals surface area contributed by atoms with Gasteiger partial charge in [-0.15, -0.1) is 0 Å². The van der Waals surface area contributed by atoms with Gasteiger partial charge in [-0.2, -0.15) is 0 Å². The van der Waals surface area contributed by atoms with Crippen molar-refractivity contribution in [2.75, 3.05) is 12.3 Å². The van der Waals surface area contributed by atoms with Crippen LogP contribution >= 0.6 is 7.37 Å². The SMILES string of the molecule is CC(C)CP(=O)(O)CC(C)C. The number of rotatable bonds is 4. The highest BCUT2D eigenvalue weighted by atomic mass is 31.2. The number of hydrogen-bond acceptors (Lipinski definition) is 1. The van der Waals surface area contributed by atoms with Crippen LogP contribution in [0.3, 0.4) is 0 Å². The third kappa shape index (κ3) is 6.58. The van der Waals surface area contributed by atoms with Gasteiger partial charge in [0.05, 0.1) is 0 Å². The van der Waals surface area contributed by atoms with Gasteiger partial charge in [-0.05, 0) is 11.8 Å². The fraction of sp³-hybridized carbons (Fsp3) is 1.00. The van der Waals surface area contributed by atoms with Gasteiger partial charge in [0.1, 0.15) is 0 Å². The summed E-state index contributed by atoms with van der Waals surface area (Å²) < 4.78 is 11.4. The van der Waals surface area contributed by atoms with Crippen LogP contribution in [0.4, 0.5) is 0 Å². The first-order valence-electron chi connectivity index (χ1n) is 4.14. The molecule has 0 saturated carbocycles. The molecule has 0 aliphatic heterocycles. The molecule has 0 heterocycles. The predicted octanol–water partition coefficient (Wildman–Crippen LogP) is 2.57. The highest BCUT2D eigenvalue weighted by Crippen LogP contribution is 2.43. The highest BCUT2D eigenvalue weighted by Gasteiger charge is 2.20. The molecule has 0 atom stereocenters. The van der Waals surface area contributed by atoms with E-state index in [1.165, 1.54) is 0 Å². The molecule has 0 radical (unpaired) electrons. The van der Waals surface area contributed by atoms with Crippen LogP contribution in [0.15, 0.2) is 0 Å². The molecule has 0 bridgehead atoms. The quantitative estimate of drug-likeness (QED) is 0.672. The minimum Gasteiger partial charge on any atom is -0.344 e. The van der Waals surface area contributed by atoms with E-state index in [2.05, 4.69) is 0 Å². The second-order valence-electron chi connectivity index (χ2n) is 4.00. The minimum absolute atomic E-state index is 0.324. The molecule has 0 aromatic rings. The maximum atomic E-state index is 11.4. The molecule has 0 rings (SSSR count). The Kier molecular flexibility index (Phi) is 4.35. The van der Waals surface area contributed by atoms with Crippen molar-refractivity contribution >= 4 is 7.37 Å². The Bertz CT molecular complexity index is 138. The summed E-state index contributed by atoms with van der Waals surface area (Å²) >= 11 is 0. The fourth-order valence-corrected chi connectivity index (χ4v) is 3.65. The van der Waals surface area contributed by atoms with E-state index in [1.807, 2.05) is 27.7 Å². The van der Waals surface area contributed by atoms with Crippen LogP contribution in [0.5, 0.6) is 0 Å². The smallest absolute Gasteiger partial charge is 0.201 e. The molecule has 1 N–H and O–H groups in total. The maximum absolute atomic E-state index is 11.4. The molecule has 0 aliphatic rings. The van der Waals surface area contributed by atoms with Gasteiger partial charge in [0.2, 0.25) is 7.37 Å². The van der Waals surface area contributed by atoms with E-state index in [1.54, 1.807) is 0 Å². The minimum atomic E-state index is -2.80. The average molecular weight is 178 g/mol. The zero-order chi connectivity index (χ0) is 9.07. The summed E-state index contributed by atoms with van der Waals surface area (Å²) in [4.78, 5) is 9.41. The molecule has 0 unspecified atom stereocenters. The van der Waals surface area contributed by atoms with Crippen molar-refractivity contribution in [2.45, 2.75) is 27.7 Å². The monoisotopic (exact) mass is 178 g/mol. The van der Waals surface area contributed by atoms with Gasteiger partial charge >= 0.3 is 0 Å². The maximum Gasteiger partial charge on any atom is 0.201 e. The first kappa shape index (κ1) is 11.2. The Labute approximate surface area is 69.5 Å². The van der Waals surface area contributed by atoms with Crippen molar-refractivity contribution in [3.63, 3.8) is 0 Å². The van der Waals surface area contributed by atoms with Gasteiger partial charge in [-0.1, -0.05) is 27.7 Å². The van der Waals surface area contributed by atoms with Crippen molar-refractivity contribution in [1.82, 2.24) is 0 Å². The second-order valence-corrected chi connectivity index (χ2v) is 6.42. The van der Waals surface area contributed by atoms with Gasteiger partial charge in [0, 0.05) is 12.3 Å². The molecule has 2 nitrogen and oxygen atoms in total. The summed E-state index contributed by atoms with van der Waals surface area (Å²) in [5.41, 5.74) is 0. The molecule has 0 fully saturated rings. The van der Waals surface area contributed by atoms with E-state index in [9.17, 15) is 9.46 Å². The standard InChI is InChI=1S/C8H19O2P/c1-7(2)5-11(9,10)6-8(3)4/h7-8H,5-6H2,1-4H3,(H,9,10). The van der Waals surface area contributed by atoms with E-state index < -0.39 is 7.37 Å². The molecule has 0 aliphatic carbocycles. The Morgan fingerprint density at radius 1 is 1.09 bits per heavy atom. The van der Waals surface area contributed by atoms with Crippen LogP contribution in [0.1, 0.15) is 27.7 Å². The van der Waals surface area contributed by atoms with Crippen LogP contribution < -0.4 is 0 Å². The number of hydrogen-bond donors (Lipinski definition) is 1. The molecule has 68 valence electrons. The molecule has 11 heavy (non-hydrogen) atoms. The predicted molar refractivity (Wildman–Crippen MR) is 49.2 cm³/mol. The lowest BCUT2D eigenvalue weighted by Crippen LogP contribution is -2.05. The van der Waals surface area contributed by atoms with Crippen LogP contribution in [-0.2, 0) is 4.57 Å². The lowest BCUT2D eigenvalue weighted by Gasteiger charge is -2.15. The van der Waals surface area contributed by atoms with Gasteiger partial charge in [-0.3, -0.25) is 4.57 Å². The zero-order valence-electron chi connectivity index (χ0n) is 7.87. The van der Waals surface area contributed by atoms with Crippen molar-refractivity contribution in [3.8, 4) is 0 Å². The Balaban J connectivity index is 3.91. The summed E-state index contributed by atoms with van der Waals surface area (Å²) in [6.07, 6.45) is 0.927. The van der Waals surface area contributed by atoms with Crippen LogP contribution in [-0.4, -0.2) is 17.2 Å². The van der Waals surface area contributed by atoms with Crippen LogP contribution in [0.25, 0.3) is 0 Å². The van der Waals surface area contributed by atoms with Crippen LogP contribution in [0.2, 0.25) is 0 Å². The summed E-state index contributed by atoms with van der Waals surface area (Å²) in [5.74, 6) is 0.647. The average Bonchev–Trinajstić information content (AvgIpc) is 1.53. The summed E-state index contributed by atoms with van der Waals surface area (Å²) in [7, 11) is -2.80. The van der Waals surface area contributed by atoms with Gasteiger partial charge in [0.25, 0.3) is 0 Å². The normalized spacial score (nSPS) is 13.0. The van der Waals surface area contributed by atoms with Crippen molar-refractivity contribution in [3.05, 3.63) is 0 Å². The van der Waals surface area contributed by atoms with Crippen LogP contribution in [0, 0.1) is 11.8 Å². The molecule has 3 heteroatoms. The largest absolute Gasteiger partial charge is 0.344 e. The first-order chi connectivity index (χ1) is 4.83. The topological polar surface area (TPSA) is 37.3 Å². The highest BCUT2D eigenvalue weighted by molar-refractivity contribution is 7.58. The van der Waals surface area contributed by atoms with Crippen molar-refractivity contribution in [1.29, 1.82) is 0 Å². The zero-order valence-corrected chi connectivity index (χ0v) is 8.77. The molecule has 0 aromatic heterocycles. The Morgan fingerprint density at radius 2 is 1.36 bits per heavy atom. The summed E-state index contributed by atoms with van der Waals surface area (Å²) in [6.45, 7) is 7.90. The second kappa shape index (κ2) is 4.27. The fourth-order valence-electron chi connectivity index (χ4n) is 1.22. The van der Waals surface area contributed by atoms with Gasteiger partial charge < -0.3 is 4.89 Å². The first-order valence-corrected chi connectivity index (χ1v) is 6.17. The lowest BCUT2D eigenvalue weighted by atomic mass is 10.3. The molecular formula is C8H19O2P. The van der Waals surface area contributed by atoms with E-state index in [0.29, 0.717) is 24.2 Å². The lowest BCUT2D eigenvalue weighted by molar-refractivity contribution is 0.459. The van der Waals surface area contributed by atoms with Crippen molar-refractivity contribution in [2.24, 2.45) is 11.8 Å². The van der Waals surface area contributed by atoms with Gasteiger partial charge in [0.15, 0.2) is 0 Å². The molecule has 0 spiro atoms. The Morgan fingerprint density at radius 3 is 1.55 bits per heavy atom. The summed E-state index contributed by atoms with van der Waals surface area (Å²) in [5, 5.41) is 0. The van der Waals surface area contributed by atoms with Gasteiger partial charge in [-0.25, -0.2) is 0 Å². The summed E-state index contributed by atoms with van der Waals surface area (Å²) in [6, 6.07) is 0. The molecule has 0 amide bonds. The van der Waals surface area contributed by atoms with E-state index in [4.69, 9.17) is 0 Å². The Hall–Kier alpha value is 0.190.